The highest BCUT2D eigenvalue weighted by molar-refractivity contribution is 7.90. The van der Waals surface area contributed by atoms with Crippen molar-refractivity contribution in [3.63, 3.8) is 0 Å². The van der Waals surface area contributed by atoms with E-state index in [4.69, 9.17) is 4.52 Å². The maximum atomic E-state index is 12.8. The highest BCUT2D eigenvalue weighted by Crippen LogP contribution is 2.25. The van der Waals surface area contributed by atoms with E-state index in [-0.39, 0.29) is 11.6 Å². The van der Waals surface area contributed by atoms with Crippen molar-refractivity contribution < 1.29 is 17.3 Å². The summed E-state index contributed by atoms with van der Waals surface area (Å²) in [6.45, 7) is 3.28. The summed E-state index contributed by atoms with van der Waals surface area (Å²) in [5.74, 6) is -0.0109. The van der Waals surface area contributed by atoms with Crippen LogP contribution >= 0.6 is 0 Å². The Morgan fingerprint density at radius 3 is 2.47 bits per heavy atom. The van der Waals surface area contributed by atoms with E-state index in [2.05, 4.69) is 5.16 Å². The molecule has 0 saturated carbocycles. The molecule has 0 amide bonds. The summed E-state index contributed by atoms with van der Waals surface area (Å²) in [4.78, 5) is 0. The van der Waals surface area contributed by atoms with E-state index in [1.54, 1.807) is 19.9 Å². The van der Waals surface area contributed by atoms with Crippen molar-refractivity contribution in [1.82, 2.24) is 5.16 Å². The fraction of sp³-hybridized carbons (Fsp3) is 0.308. The number of hydrogen-bond donors (Lipinski definition) is 0. The smallest absolute Gasteiger partial charge is 0.162 e. The first kappa shape index (κ1) is 13.7. The van der Waals surface area contributed by atoms with Crippen LogP contribution in [-0.2, 0) is 15.6 Å². The minimum Gasteiger partial charge on any atom is -0.361 e. The van der Waals surface area contributed by atoms with Crippen molar-refractivity contribution in [2.75, 3.05) is 0 Å². The lowest BCUT2D eigenvalue weighted by atomic mass is 10.2. The number of nitrogens with zero attached hydrogens (tertiary/aromatic N) is 1. The third-order valence-electron chi connectivity index (χ3n) is 2.90. The van der Waals surface area contributed by atoms with Gasteiger partial charge in [-0.15, -0.1) is 0 Å². The zero-order chi connectivity index (χ0) is 14.0. The molecule has 0 bridgehead atoms. The molecule has 0 unspecified atom stereocenters. The minimum absolute atomic E-state index is 0.192. The monoisotopic (exact) mass is 283 g/mol. The summed E-state index contributed by atoms with van der Waals surface area (Å²) in [6, 6.07) is 7.05. The van der Waals surface area contributed by atoms with Crippen LogP contribution in [0, 0.1) is 12.7 Å². The maximum Gasteiger partial charge on any atom is 0.162 e. The third-order valence-corrected chi connectivity index (χ3v) is 4.95. The van der Waals surface area contributed by atoms with E-state index in [1.807, 2.05) is 0 Å². The molecule has 0 fully saturated rings. The Morgan fingerprint density at radius 2 is 1.95 bits per heavy atom. The van der Waals surface area contributed by atoms with Crippen molar-refractivity contribution in [2.45, 2.75) is 24.9 Å². The van der Waals surface area contributed by atoms with E-state index >= 15 is 0 Å². The molecule has 2 rings (SSSR count). The summed E-state index contributed by atoms with van der Waals surface area (Å²) < 4.78 is 42.1. The molecule has 6 heteroatoms. The minimum atomic E-state index is -3.41. The van der Waals surface area contributed by atoms with E-state index in [1.165, 1.54) is 24.3 Å². The van der Waals surface area contributed by atoms with Gasteiger partial charge in [0.25, 0.3) is 0 Å². The van der Waals surface area contributed by atoms with Crippen LogP contribution in [-0.4, -0.2) is 13.6 Å². The van der Waals surface area contributed by atoms with Crippen molar-refractivity contribution in [1.29, 1.82) is 0 Å². The Hall–Kier alpha value is -1.69. The van der Waals surface area contributed by atoms with Crippen LogP contribution in [0.3, 0.4) is 0 Å². The molecule has 4 nitrogen and oxygen atoms in total. The summed E-state index contributed by atoms with van der Waals surface area (Å²) in [6.07, 6.45) is 0. The van der Waals surface area contributed by atoms with Gasteiger partial charge in [-0.25, -0.2) is 12.8 Å². The largest absolute Gasteiger partial charge is 0.361 e. The van der Waals surface area contributed by atoms with Crippen molar-refractivity contribution >= 4 is 9.84 Å². The van der Waals surface area contributed by atoms with Gasteiger partial charge < -0.3 is 4.52 Å². The van der Waals surface area contributed by atoms with Gasteiger partial charge in [0.05, 0.1) is 16.7 Å². The highest BCUT2D eigenvalue weighted by Gasteiger charge is 2.24. The van der Waals surface area contributed by atoms with Gasteiger partial charge in [-0.2, -0.15) is 0 Å². The summed E-state index contributed by atoms with van der Waals surface area (Å²) in [5, 5.41) is 2.96. The number of aryl methyl sites for hydroxylation is 1. The Labute approximate surface area is 111 Å². The van der Waals surface area contributed by atoms with Crippen LogP contribution in [0.4, 0.5) is 4.39 Å². The van der Waals surface area contributed by atoms with Crippen molar-refractivity contribution in [2.24, 2.45) is 0 Å². The maximum absolute atomic E-state index is 12.8. The van der Waals surface area contributed by atoms with Gasteiger partial charge >= 0.3 is 0 Å². The van der Waals surface area contributed by atoms with Gasteiger partial charge in [-0.3, -0.25) is 0 Å². The van der Waals surface area contributed by atoms with E-state index in [0.717, 1.165) is 0 Å². The van der Waals surface area contributed by atoms with Gasteiger partial charge in [0.2, 0.25) is 0 Å². The third kappa shape index (κ3) is 3.20. The number of aromatic nitrogens is 1. The topological polar surface area (TPSA) is 60.2 Å². The second kappa shape index (κ2) is 5.13. The first-order chi connectivity index (χ1) is 8.88. The molecule has 0 aliphatic heterocycles. The zero-order valence-corrected chi connectivity index (χ0v) is 11.4. The van der Waals surface area contributed by atoms with Crippen molar-refractivity contribution in [3.05, 3.63) is 53.2 Å². The van der Waals surface area contributed by atoms with E-state index in [9.17, 15) is 12.8 Å². The predicted octanol–water partition coefficient (Wildman–Crippen LogP) is 2.80. The number of sulfone groups is 1. The second-order valence-electron chi connectivity index (χ2n) is 4.43. The van der Waals surface area contributed by atoms with Crippen LogP contribution in [0.15, 0.2) is 34.9 Å². The van der Waals surface area contributed by atoms with Gasteiger partial charge in [0.1, 0.15) is 11.6 Å². The van der Waals surface area contributed by atoms with Gasteiger partial charge in [-0.1, -0.05) is 17.3 Å². The summed E-state index contributed by atoms with van der Waals surface area (Å²) in [7, 11) is -3.41. The average molecular weight is 283 g/mol. The van der Waals surface area contributed by atoms with Crippen LogP contribution in [0.25, 0.3) is 0 Å². The lowest BCUT2D eigenvalue weighted by Gasteiger charge is -2.12. The normalized spacial score (nSPS) is 13.4. The van der Waals surface area contributed by atoms with Crippen LogP contribution in [0.1, 0.15) is 29.2 Å². The Bertz CT molecular complexity index is 661. The highest BCUT2D eigenvalue weighted by atomic mass is 32.2. The number of halogens is 1. The first-order valence-electron chi connectivity index (χ1n) is 5.78. The number of hydrogen-bond acceptors (Lipinski definition) is 4. The Kier molecular flexibility index (Phi) is 3.71. The molecule has 0 saturated heterocycles. The second-order valence-corrected chi connectivity index (χ2v) is 6.75. The molecule has 19 heavy (non-hydrogen) atoms. The number of benzene rings is 1. The SMILES string of the molecule is Cc1cc(CS(=O)(=O)[C@H](C)c2ccc(F)cc2)no1. The molecule has 1 aromatic carbocycles. The molecule has 0 N–H and O–H groups in total. The predicted molar refractivity (Wildman–Crippen MR) is 68.7 cm³/mol. The molecular weight excluding hydrogens is 269 g/mol. The Balaban J connectivity index is 2.21. The fourth-order valence-corrected chi connectivity index (χ4v) is 3.13. The summed E-state index contributed by atoms with van der Waals surface area (Å²) >= 11 is 0. The summed E-state index contributed by atoms with van der Waals surface area (Å²) in [5.41, 5.74) is 0.938. The zero-order valence-electron chi connectivity index (χ0n) is 10.6. The fourth-order valence-electron chi connectivity index (χ4n) is 1.76. The number of rotatable bonds is 4. The van der Waals surface area contributed by atoms with E-state index in [0.29, 0.717) is 17.0 Å². The molecule has 1 heterocycles. The van der Waals surface area contributed by atoms with Crippen LogP contribution in [0.5, 0.6) is 0 Å². The first-order valence-corrected chi connectivity index (χ1v) is 7.49. The van der Waals surface area contributed by atoms with E-state index < -0.39 is 15.1 Å². The molecule has 102 valence electrons. The molecule has 0 spiro atoms. The molecule has 2 aromatic rings. The van der Waals surface area contributed by atoms with Crippen LogP contribution < -0.4 is 0 Å². The molecule has 0 radical (unpaired) electrons. The lowest BCUT2D eigenvalue weighted by molar-refractivity contribution is 0.392. The van der Waals surface area contributed by atoms with Crippen LogP contribution in [0.2, 0.25) is 0 Å². The molecule has 1 atom stereocenters. The molecule has 0 aliphatic rings. The Morgan fingerprint density at radius 1 is 1.32 bits per heavy atom. The lowest BCUT2D eigenvalue weighted by Crippen LogP contribution is -2.13. The van der Waals surface area contributed by atoms with Crippen molar-refractivity contribution in [3.8, 4) is 0 Å². The average Bonchev–Trinajstić information content (AvgIpc) is 2.74. The molecule has 1 aromatic heterocycles. The van der Waals surface area contributed by atoms with Gasteiger partial charge in [0, 0.05) is 6.07 Å². The standard InChI is InChI=1S/C13H14FNO3S/c1-9-7-13(15-18-9)8-19(16,17)10(2)11-3-5-12(14)6-4-11/h3-7,10H,8H2,1-2H3/t10-/m1/s1. The molecular formula is C13H14FNO3S. The van der Waals surface area contributed by atoms with Gasteiger partial charge in [0.15, 0.2) is 9.84 Å². The molecule has 0 aliphatic carbocycles. The van der Waals surface area contributed by atoms with Gasteiger partial charge in [-0.05, 0) is 31.5 Å². The quantitative estimate of drug-likeness (QED) is 0.865.